The molecular weight excluding hydrogens is 124 g/mol. The molecule has 0 aliphatic heterocycles. The van der Waals surface area contributed by atoms with Gasteiger partial charge in [-0.15, -0.1) is 0 Å². The van der Waals surface area contributed by atoms with Gasteiger partial charge in [0.25, 0.3) is 0 Å². The predicted octanol–water partition coefficient (Wildman–Crippen LogP) is 0.808. The molecule has 0 radical (unpaired) electrons. The number of rotatable bonds is 1. The summed E-state index contributed by atoms with van der Waals surface area (Å²) in [5, 5.41) is -0.0185. The van der Waals surface area contributed by atoms with E-state index in [1.54, 1.807) is 0 Å². The van der Waals surface area contributed by atoms with Crippen molar-refractivity contribution in [3.05, 3.63) is 0 Å². The largest absolute Gasteiger partial charge is 0.772 e. The first kappa shape index (κ1) is 6.23. The van der Waals surface area contributed by atoms with E-state index >= 15 is 0 Å². The summed E-state index contributed by atoms with van der Waals surface area (Å²) < 4.78 is 20.4. The molecule has 1 atom stereocenters. The average molecular weight is 133 g/mol. The fraction of sp³-hybridized carbons (Fsp3) is 1.00. The average Bonchev–Trinajstić information content (AvgIpc) is 2.12. The molecule has 48 valence electrons. The van der Waals surface area contributed by atoms with Crippen LogP contribution >= 0.6 is 0 Å². The molecule has 1 fully saturated rings. The van der Waals surface area contributed by atoms with Gasteiger partial charge < -0.3 is 4.55 Å². The molecule has 1 saturated carbocycles. The molecule has 2 nitrogen and oxygen atoms in total. The highest BCUT2D eigenvalue weighted by molar-refractivity contribution is 7.79. The van der Waals surface area contributed by atoms with Crippen LogP contribution in [0.5, 0.6) is 0 Å². The molecule has 1 aliphatic rings. The third-order valence-electron chi connectivity index (χ3n) is 1.57. The van der Waals surface area contributed by atoms with Crippen LogP contribution in [0.1, 0.15) is 25.7 Å². The summed E-state index contributed by atoms with van der Waals surface area (Å²) in [6.07, 6.45) is 3.96. The van der Waals surface area contributed by atoms with Gasteiger partial charge in [-0.25, -0.2) is 0 Å². The van der Waals surface area contributed by atoms with E-state index < -0.39 is 11.1 Å². The number of hydrogen-bond acceptors (Lipinski definition) is 2. The van der Waals surface area contributed by atoms with E-state index in [0.29, 0.717) is 0 Å². The van der Waals surface area contributed by atoms with Gasteiger partial charge in [-0.05, 0) is 12.8 Å². The number of hydrogen-bond donors (Lipinski definition) is 0. The molecule has 0 bridgehead atoms. The standard InChI is InChI=1S/C5H10O2S/c6-8(7)5-3-1-2-4-5/h5H,1-4H2,(H,6,7)/p-1. The van der Waals surface area contributed by atoms with Gasteiger partial charge in [-0.2, -0.15) is 0 Å². The Balaban J connectivity index is 2.35. The van der Waals surface area contributed by atoms with Crippen LogP contribution in [0.15, 0.2) is 0 Å². The third-order valence-corrected chi connectivity index (χ3v) is 2.59. The first-order valence-electron chi connectivity index (χ1n) is 2.89. The van der Waals surface area contributed by atoms with Crippen LogP contribution in [0.3, 0.4) is 0 Å². The first-order chi connectivity index (χ1) is 3.80. The zero-order chi connectivity index (χ0) is 5.98. The zero-order valence-corrected chi connectivity index (χ0v) is 5.45. The van der Waals surface area contributed by atoms with Gasteiger partial charge in [0.2, 0.25) is 0 Å². The normalized spacial score (nSPS) is 26.1. The second kappa shape index (κ2) is 2.60. The van der Waals surface area contributed by atoms with Crippen molar-refractivity contribution < 1.29 is 8.76 Å². The van der Waals surface area contributed by atoms with Crippen molar-refractivity contribution in [2.45, 2.75) is 30.9 Å². The Morgan fingerprint density at radius 2 is 1.88 bits per heavy atom. The quantitative estimate of drug-likeness (QED) is 0.496. The summed E-state index contributed by atoms with van der Waals surface area (Å²) in [4.78, 5) is 0. The lowest BCUT2D eigenvalue weighted by molar-refractivity contribution is 0.522. The second-order valence-corrected chi connectivity index (χ2v) is 3.35. The lowest BCUT2D eigenvalue weighted by Gasteiger charge is -2.10. The molecular formula is C5H9O2S-. The van der Waals surface area contributed by atoms with Crippen molar-refractivity contribution in [1.82, 2.24) is 0 Å². The van der Waals surface area contributed by atoms with Gasteiger partial charge in [0.15, 0.2) is 0 Å². The van der Waals surface area contributed by atoms with Crippen LogP contribution in [-0.4, -0.2) is 14.0 Å². The maximum Gasteiger partial charge on any atom is 0.0215 e. The second-order valence-electron chi connectivity index (χ2n) is 2.17. The van der Waals surface area contributed by atoms with Crippen LogP contribution in [-0.2, 0) is 11.1 Å². The molecule has 0 amide bonds. The van der Waals surface area contributed by atoms with Gasteiger partial charge in [0, 0.05) is 5.25 Å². The Morgan fingerprint density at radius 3 is 2.12 bits per heavy atom. The van der Waals surface area contributed by atoms with Crippen molar-refractivity contribution in [3.8, 4) is 0 Å². The third kappa shape index (κ3) is 1.29. The zero-order valence-electron chi connectivity index (χ0n) is 4.63. The summed E-state index contributed by atoms with van der Waals surface area (Å²) in [5.41, 5.74) is 0. The maximum atomic E-state index is 10.2. The van der Waals surface area contributed by atoms with Gasteiger partial charge >= 0.3 is 0 Å². The van der Waals surface area contributed by atoms with Crippen molar-refractivity contribution in [3.63, 3.8) is 0 Å². The molecule has 1 aliphatic carbocycles. The summed E-state index contributed by atoms with van der Waals surface area (Å²) in [5.74, 6) is 0. The summed E-state index contributed by atoms with van der Waals surface area (Å²) in [6.45, 7) is 0. The molecule has 0 heterocycles. The summed E-state index contributed by atoms with van der Waals surface area (Å²) in [6, 6.07) is 0. The van der Waals surface area contributed by atoms with Crippen molar-refractivity contribution in [1.29, 1.82) is 0 Å². The van der Waals surface area contributed by atoms with Crippen LogP contribution in [0, 0.1) is 0 Å². The molecule has 1 unspecified atom stereocenters. The molecule has 1 rings (SSSR count). The van der Waals surface area contributed by atoms with Gasteiger partial charge in [0.1, 0.15) is 0 Å². The van der Waals surface area contributed by atoms with E-state index in [2.05, 4.69) is 0 Å². The van der Waals surface area contributed by atoms with Crippen molar-refractivity contribution >= 4 is 11.1 Å². The smallest absolute Gasteiger partial charge is 0.0215 e. The Morgan fingerprint density at radius 1 is 1.38 bits per heavy atom. The lowest BCUT2D eigenvalue weighted by atomic mass is 10.4. The molecule has 0 N–H and O–H groups in total. The Bertz CT molecular complexity index is 96.6. The minimum absolute atomic E-state index is 0.0185. The highest BCUT2D eigenvalue weighted by Crippen LogP contribution is 2.21. The van der Waals surface area contributed by atoms with E-state index in [-0.39, 0.29) is 5.25 Å². The van der Waals surface area contributed by atoms with Crippen LogP contribution in [0.4, 0.5) is 0 Å². The van der Waals surface area contributed by atoms with E-state index in [0.717, 1.165) is 25.7 Å². The summed E-state index contributed by atoms with van der Waals surface area (Å²) >= 11 is -1.79. The van der Waals surface area contributed by atoms with Crippen LogP contribution in [0.2, 0.25) is 0 Å². The molecule has 0 aromatic rings. The van der Waals surface area contributed by atoms with Crippen molar-refractivity contribution in [2.75, 3.05) is 0 Å². The Labute approximate surface area is 51.6 Å². The monoisotopic (exact) mass is 133 g/mol. The Hall–Kier alpha value is 0.110. The van der Waals surface area contributed by atoms with Gasteiger partial charge in [-0.3, -0.25) is 4.21 Å². The van der Waals surface area contributed by atoms with E-state index in [1.165, 1.54) is 0 Å². The van der Waals surface area contributed by atoms with Crippen LogP contribution < -0.4 is 0 Å². The molecule has 0 saturated heterocycles. The minimum atomic E-state index is -1.79. The molecule has 0 aromatic carbocycles. The summed E-state index contributed by atoms with van der Waals surface area (Å²) in [7, 11) is 0. The van der Waals surface area contributed by atoms with E-state index in [1.807, 2.05) is 0 Å². The fourth-order valence-electron chi connectivity index (χ4n) is 1.08. The van der Waals surface area contributed by atoms with Gasteiger partial charge in [-0.1, -0.05) is 23.9 Å². The minimum Gasteiger partial charge on any atom is -0.772 e. The van der Waals surface area contributed by atoms with E-state index in [9.17, 15) is 8.76 Å². The van der Waals surface area contributed by atoms with Crippen molar-refractivity contribution in [2.24, 2.45) is 0 Å². The molecule has 0 aromatic heterocycles. The maximum absolute atomic E-state index is 10.2. The lowest BCUT2D eigenvalue weighted by Crippen LogP contribution is -2.08. The molecule has 8 heavy (non-hydrogen) atoms. The van der Waals surface area contributed by atoms with E-state index in [4.69, 9.17) is 0 Å². The predicted molar refractivity (Wildman–Crippen MR) is 31.2 cm³/mol. The highest BCUT2D eigenvalue weighted by atomic mass is 32.2. The topological polar surface area (TPSA) is 40.1 Å². The van der Waals surface area contributed by atoms with Crippen LogP contribution in [0.25, 0.3) is 0 Å². The SMILES string of the molecule is O=S([O-])C1CCCC1. The fourth-order valence-corrected chi connectivity index (χ4v) is 1.80. The van der Waals surface area contributed by atoms with Gasteiger partial charge in [0.05, 0.1) is 0 Å². The molecule has 3 heteroatoms. The molecule has 0 spiro atoms. The Kier molecular flexibility index (Phi) is 2.02. The first-order valence-corrected chi connectivity index (χ1v) is 4.02. The highest BCUT2D eigenvalue weighted by Gasteiger charge is 2.14.